The SMILES string of the molecule is O=P(O)(O)OP(=O)(O)OC[C@H]1O[C@@H](n2cnc3c(=S)nc[nH]c32)[C@H](O)[C@@H]1O. The fraction of sp³-hybridized carbons (Fsp3) is 0.500. The van der Waals surface area contributed by atoms with E-state index in [1.807, 2.05) is 0 Å². The third-order valence-electron chi connectivity index (χ3n) is 3.60. The molecule has 0 spiro atoms. The van der Waals surface area contributed by atoms with Gasteiger partial charge in [-0.25, -0.2) is 19.1 Å². The van der Waals surface area contributed by atoms with Gasteiger partial charge in [-0.05, 0) is 0 Å². The molecule has 1 unspecified atom stereocenters. The van der Waals surface area contributed by atoms with Crippen LogP contribution in [0, 0.1) is 4.64 Å². The topological polar surface area (TPSA) is 209 Å². The first kappa shape index (κ1) is 20.6. The Morgan fingerprint density at radius 3 is 2.63 bits per heavy atom. The molecule has 1 fully saturated rings. The number of ether oxygens (including phenoxy) is 1. The quantitative estimate of drug-likeness (QED) is 0.242. The molecule has 1 aliphatic heterocycles. The number of aromatic amines is 1. The van der Waals surface area contributed by atoms with E-state index in [0.29, 0.717) is 11.2 Å². The first-order chi connectivity index (χ1) is 12.5. The molecule has 14 nitrogen and oxygen atoms in total. The summed E-state index contributed by atoms with van der Waals surface area (Å²) in [6.07, 6.45) is -2.90. The van der Waals surface area contributed by atoms with Crippen LogP contribution < -0.4 is 0 Å². The van der Waals surface area contributed by atoms with Crippen molar-refractivity contribution < 1.29 is 47.6 Å². The molecule has 3 rings (SSSR count). The number of nitrogens with one attached hydrogen (secondary N) is 1. The molecule has 17 heteroatoms. The molecule has 1 aliphatic rings. The highest BCUT2D eigenvalue weighted by Gasteiger charge is 2.45. The van der Waals surface area contributed by atoms with Crippen LogP contribution in [0.2, 0.25) is 0 Å². The van der Waals surface area contributed by atoms with E-state index < -0.39 is 46.8 Å². The lowest BCUT2D eigenvalue weighted by molar-refractivity contribution is -0.0503. The van der Waals surface area contributed by atoms with Crippen molar-refractivity contribution in [3.8, 4) is 0 Å². The number of nitrogens with zero attached hydrogens (tertiary/aromatic N) is 3. The summed E-state index contributed by atoms with van der Waals surface area (Å²) in [5.41, 5.74) is 0.679. The summed E-state index contributed by atoms with van der Waals surface area (Å²) in [6, 6.07) is 0. The van der Waals surface area contributed by atoms with Crippen molar-refractivity contribution in [1.82, 2.24) is 19.5 Å². The standard InChI is InChI=1S/C10H14N4O10P2S/c15-6-4(1-22-26(20,21)24-25(17,18)19)23-10(7(6)16)14-3-13-5-8(14)11-2-12-9(5)27/h2-4,6-7,10,15-16H,1H2,(H,20,21)(H,11,12,27)(H2,17,18,19)/t4-,6-,7-,10-/m1/s1. The van der Waals surface area contributed by atoms with Gasteiger partial charge in [-0.2, -0.15) is 4.31 Å². The highest BCUT2D eigenvalue weighted by molar-refractivity contribution is 7.71. The summed E-state index contributed by atoms with van der Waals surface area (Å²) in [5, 5.41) is 20.3. The molecule has 5 atom stereocenters. The van der Waals surface area contributed by atoms with Gasteiger partial charge in [0.1, 0.15) is 29.5 Å². The molecule has 2 aromatic heterocycles. The zero-order chi connectivity index (χ0) is 20.0. The van der Waals surface area contributed by atoms with Crippen LogP contribution in [-0.4, -0.2) is 69.3 Å². The number of hydrogen-bond donors (Lipinski definition) is 6. The number of imidazole rings is 1. The van der Waals surface area contributed by atoms with Crippen LogP contribution >= 0.6 is 27.9 Å². The third-order valence-corrected chi connectivity index (χ3v) is 6.05. The van der Waals surface area contributed by atoms with E-state index in [0.717, 1.165) is 0 Å². The molecule has 0 aliphatic carbocycles. The molecule has 2 aromatic rings. The number of aromatic nitrogens is 4. The Hall–Kier alpha value is -1.09. The predicted molar refractivity (Wildman–Crippen MR) is 87.5 cm³/mol. The lowest BCUT2D eigenvalue weighted by Crippen LogP contribution is -2.33. The normalized spacial score (nSPS) is 28.5. The van der Waals surface area contributed by atoms with Gasteiger partial charge >= 0.3 is 15.6 Å². The minimum Gasteiger partial charge on any atom is -0.387 e. The van der Waals surface area contributed by atoms with Gasteiger partial charge in [0.15, 0.2) is 10.9 Å². The van der Waals surface area contributed by atoms with Gasteiger partial charge in [-0.3, -0.25) is 9.09 Å². The minimum atomic E-state index is -5.28. The maximum absolute atomic E-state index is 11.5. The van der Waals surface area contributed by atoms with E-state index in [1.165, 1.54) is 17.2 Å². The summed E-state index contributed by atoms with van der Waals surface area (Å²) < 4.78 is 37.1. The number of phosphoric ester groups is 1. The molecule has 0 saturated carbocycles. The molecular formula is C10H14N4O10P2S. The molecule has 150 valence electrons. The zero-order valence-electron chi connectivity index (χ0n) is 13.1. The van der Waals surface area contributed by atoms with Gasteiger partial charge in [-0.1, -0.05) is 12.2 Å². The number of rotatable bonds is 6. The summed E-state index contributed by atoms with van der Waals surface area (Å²) in [5.74, 6) is 0. The first-order valence-electron chi connectivity index (χ1n) is 7.14. The van der Waals surface area contributed by atoms with Crippen LogP contribution in [0.3, 0.4) is 0 Å². The second-order valence-corrected chi connectivity index (χ2v) is 8.66. The fourth-order valence-electron chi connectivity index (χ4n) is 2.49. The fourth-order valence-corrected chi connectivity index (χ4v) is 4.29. The molecule has 3 heterocycles. The summed E-state index contributed by atoms with van der Waals surface area (Å²) in [6.45, 7) is -0.799. The van der Waals surface area contributed by atoms with E-state index in [1.54, 1.807) is 0 Å². The lowest BCUT2D eigenvalue weighted by atomic mass is 10.1. The Morgan fingerprint density at radius 1 is 1.26 bits per heavy atom. The Morgan fingerprint density at radius 2 is 1.96 bits per heavy atom. The van der Waals surface area contributed by atoms with Gasteiger partial charge in [0.25, 0.3) is 0 Å². The van der Waals surface area contributed by atoms with Gasteiger partial charge in [0.2, 0.25) is 0 Å². The van der Waals surface area contributed by atoms with Gasteiger partial charge in [0.05, 0.1) is 19.3 Å². The smallest absolute Gasteiger partial charge is 0.387 e. The highest BCUT2D eigenvalue weighted by atomic mass is 32.1. The van der Waals surface area contributed by atoms with E-state index >= 15 is 0 Å². The second kappa shape index (κ2) is 7.39. The number of fused-ring (bicyclic) bond motifs is 1. The Labute approximate surface area is 155 Å². The lowest BCUT2D eigenvalue weighted by Gasteiger charge is -2.17. The molecule has 6 N–H and O–H groups in total. The van der Waals surface area contributed by atoms with Crippen LogP contribution in [0.5, 0.6) is 0 Å². The maximum atomic E-state index is 11.5. The van der Waals surface area contributed by atoms with E-state index in [9.17, 15) is 24.2 Å². The number of H-pyrrole nitrogens is 1. The Kier molecular flexibility index (Phi) is 5.65. The number of aliphatic hydroxyl groups excluding tert-OH is 2. The summed E-state index contributed by atoms with van der Waals surface area (Å²) in [4.78, 5) is 37.1. The van der Waals surface area contributed by atoms with Crippen LogP contribution in [0.15, 0.2) is 12.7 Å². The second-order valence-electron chi connectivity index (χ2n) is 5.44. The largest absolute Gasteiger partial charge is 0.481 e. The number of hydrogen-bond acceptors (Lipinski definition) is 10. The van der Waals surface area contributed by atoms with Crippen molar-refractivity contribution in [1.29, 1.82) is 0 Å². The van der Waals surface area contributed by atoms with Crippen molar-refractivity contribution in [3.05, 3.63) is 17.3 Å². The average Bonchev–Trinajstić information content (AvgIpc) is 3.07. The molecule has 0 aromatic carbocycles. The molecule has 0 bridgehead atoms. The van der Waals surface area contributed by atoms with E-state index in [-0.39, 0.29) is 4.64 Å². The predicted octanol–water partition coefficient (Wildman–Crippen LogP) is -0.666. The highest BCUT2D eigenvalue weighted by Crippen LogP contribution is 2.57. The molecular weight excluding hydrogens is 430 g/mol. The summed E-state index contributed by atoms with van der Waals surface area (Å²) in [7, 11) is -10.4. The van der Waals surface area contributed by atoms with Gasteiger partial charge in [-0.15, -0.1) is 0 Å². The zero-order valence-corrected chi connectivity index (χ0v) is 15.7. The van der Waals surface area contributed by atoms with E-state index in [2.05, 4.69) is 23.8 Å². The monoisotopic (exact) mass is 444 g/mol. The summed E-state index contributed by atoms with van der Waals surface area (Å²) >= 11 is 5.03. The molecule has 27 heavy (non-hydrogen) atoms. The average molecular weight is 444 g/mol. The van der Waals surface area contributed by atoms with Crippen molar-refractivity contribution in [2.45, 2.75) is 24.5 Å². The molecule has 1 saturated heterocycles. The number of aliphatic hydroxyl groups is 2. The first-order valence-corrected chi connectivity index (χ1v) is 10.6. The molecule has 0 amide bonds. The van der Waals surface area contributed by atoms with Gasteiger partial charge < -0.3 is 34.6 Å². The van der Waals surface area contributed by atoms with Crippen molar-refractivity contribution >= 4 is 39.0 Å². The van der Waals surface area contributed by atoms with Crippen molar-refractivity contribution in [2.24, 2.45) is 0 Å². The van der Waals surface area contributed by atoms with E-state index in [4.69, 9.17) is 26.7 Å². The van der Waals surface area contributed by atoms with Crippen LogP contribution in [0.4, 0.5) is 0 Å². The Balaban J connectivity index is 1.76. The number of phosphoric acid groups is 2. The maximum Gasteiger partial charge on any atom is 0.481 e. The Bertz CT molecular complexity index is 990. The third kappa shape index (κ3) is 4.50. The van der Waals surface area contributed by atoms with Crippen molar-refractivity contribution in [2.75, 3.05) is 6.61 Å². The van der Waals surface area contributed by atoms with Gasteiger partial charge in [0, 0.05) is 0 Å². The minimum absolute atomic E-state index is 0.200. The van der Waals surface area contributed by atoms with Crippen molar-refractivity contribution in [3.63, 3.8) is 0 Å². The van der Waals surface area contributed by atoms with Crippen LogP contribution in [0.1, 0.15) is 6.23 Å². The molecule has 0 radical (unpaired) electrons. The van der Waals surface area contributed by atoms with Crippen LogP contribution in [0.25, 0.3) is 11.2 Å². The van der Waals surface area contributed by atoms with Crippen LogP contribution in [-0.2, 0) is 22.7 Å².